The fraction of sp³-hybridized carbons (Fsp3) is 0.316. The second-order valence-corrected chi connectivity index (χ2v) is 6.55. The number of halogens is 2. The van der Waals surface area contributed by atoms with Crippen LogP contribution < -0.4 is 10.1 Å². The summed E-state index contributed by atoms with van der Waals surface area (Å²) >= 11 is 6.05. The summed E-state index contributed by atoms with van der Waals surface area (Å²) in [6, 6.07) is 6.85. The third-order valence-corrected chi connectivity index (χ3v) is 4.51. The number of hydrogen-bond acceptors (Lipinski definition) is 4. The Bertz CT molecular complexity index is 845. The summed E-state index contributed by atoms with van der Waals surface area (Å²) in [5, 5.41) is 2.96. The summed E-state index contributed by atoms with van der Waals surface area (Å²) in [6.07, 6.45) is 1.87. The highest BCUT2D eigenvalue weighted by molar-refractivity contribution is 6.32. The molecule has 6 nitrogen and oxygen atoms in total. The van der Waals surface area contributed by atoms with Gasteiger partial charge in [0.05, 0.1) is 12.2 Å². The van der Waals surface area contributed by atoms with E-state index in [1.54, 1.807) is 17.0 Å². The first-order valence-corrected chi connectivity index (χ1v) is 8.98. The van der Waals surface area contributed by atoms with E-state index in [2.05, 4.69) is 10.3 Å². The van der Waals surface area contributed by atoms with Crippen LogP contribution in [0.15, 0.2) is 36.5 Å². The largest absolute Gasteiger partial charge is 0.477 e. The van der Waals surface area contributed by atoms with Crippen LogP contribution in [0.4, 0.5) is 4.39 Å². The zero-order valence-electron chi connectivity index (χ0n) is 14.7. The predicted octanol–water partition coefficient (Wildman–Crippen LogP) is 2.80. The molecule has 27 heavy (non-hydrogen) atoms. The molecule has 1 saturated heterocycles. The molecule has 0 saturated carbocycles. The molecule has 3 rings (SSSR count). The number of pyridine rings is 1. The summed E-state index contributed by atoms with van der Waals surface area (Å²) in [6.45, 7) is 3.12. The van der Waals surface area contributed by atoms with Crippen LogP contribution in [-0.2, 0) is 11.3 Å². The maximum absolute atomic E-state index is 13.0. The van der Waals surface area contributed by atoms with Gasteiger partial charge in [0, 0.05) is 19.3 Å². The molecule has 0 bridgehead atoms. The van der Waals surface area contributed by atoms with Crippen molar-refractivity contribution in [1.82, 2.24) is 15.2 Å². The minimum absolute atomic E-state index is 0.169. The molecule has 0 aliphatic carbocycles. The zero-order valence-corrected chi connectivity index (χ0v) is 15.5. The molecule has 0 spiro atoms. The van der Waals surface area contributed by atoms with Gasteiger partial charge in [0.2, 0.25) is 11.8 Å². The lowest BCUT2D eigenvalue weighted by Gasteiger charge is -2.17. The maximum Gasteiger partial charge on any atom is 0.253 e. The fourth-order valence-corrected chi connectivity index (χ4v) is 3.10. The minimum atomic E-state index is -0.608. The van der Waals surface area contributed by atoms with Gasteiger partial charge < -0.3 is 15.0 Å². The number of hydrogen-bond donors (Lipinski definition) is 1. The molecule has 1 aliphatic rings. The molecule has 142 valence electrons. The fourth-order valence-electron chi connectivity index (χ4n) is 2.87. The number of likely N-dealkylation sites (tertiary alicyclic amines) is 1. The molecule has 1 aromatic carbocycles. The average Bonchev–Trinajstić information content (AvgIpc) is 2.98. The second kappa shape index (κ2) is 8.35. The van der Waals surface area contributed by atoms with E-state index in [-0.39, 0.29) is 28.2 Å². The van der Waals surface area contributed by atoms with Crippen LogP contribution in [0.3, 0.4) is 0 Å². The molecule has 1 atom stereocenters. The number of nitrogens with one attached hydrogen (secondary N) is 1. The average molecular weight is 392 g/mol. The van der Waals surface area contributed by atoms with Crippen molar-refractivity contribution in [3.05, 3.63) is 58.5 Å². The Morgan fingerprint density at radius 2 is 2.15 bits per heavy atom. The number of benzene rings is 1. The van der Waals surface area contributed by atoms with E-state index < -0.39 is 11.9 Å². The van der Waals surface area contributed by atoms with Crippen LogP contribution >= 0.6 is 11.6 Å². The monoisotopic (exact) mass is 391 g/mol. The normalized spacial score (nSPS) is 16.5. The van der Waals surface area contributed by atoms with Gasteiger partial charge >= 0.3 is 0 Å². The lowest BCUT2D eigenvalue weighted by Crippen LogP contribution is -2.41. The molecule has 0 unspecified atom stereocenters. The molecule has 1 N–H and O–H groups in total. The highest BCUT2D eigenvalue weighted by Crippen LogP contribution is 2.23. The number of amides is 2. The highest BCUT2D eigenvalue weighted by atomic mass is 35.5. The first-order chi connectivity index (χ1) is 13.0. The highest BCUT2D eigenvalue weighted by Gasteiger charge is 2.33. The van der Waals surface area contributed by atoms with Crippen LogP contribution in [0.5, 0.6) is 5.88 Å². The minimum Gasteiger partial charge on any atom is -0.477 e. The Balaban J connectivity index is 1.61. The van der Waals surface area contributed by atoms with Crippen molar-refractivity contribution >= 4 is 23.4 Å². The van der Waals surface area contributed by atoms with E-state index in [9.17, 15) is 14.0 Å². The Labute approximate surface area is 161 Å². The van der Waals surface area contributed by atoms with Crippen molar-refractivity contribution in [2.45, 2.75) is 25.9 Å². The lowest BCUT2D eigenvalue weighted by atomic mass is 10.2. The third kappa shape index (κ3) is 4.54. The zero-order chi connectivity index (χ0) is 19.4. The molecule has 2 aromatic rings. The van der Waals surface area contributed by atoms with E-state index >= 15 is 0 Å². The quantitative estimate of drug-likeness (QED) is 0.822. The van der Waals surface area contributed by atoms with E-state index in [4.69, 9.17) is 16.3 Å². The van der Waals surface area contributed by atoms with Crippen molar-refractivity contribution in [3.8, 4) is 5.88 Å². The molecular formula is C19H19ClFN3O3. The summed E-state index contributed by atoms with van der Waals surface area (Å²) < 4.78 is 18.2. The van der Waals surface area contributed by atoms with Gasteiger partial charge in [-0.2, -0.15) is 0 Å². The van der Waals surface area contributed by atoms with Crippen LogP contribution in [-0.4, -0.2) is 40.9 Å². The summed E-state index contributed by atoms with van der Waals surface area (Å²) in [4.78, 5) is 30.6. The van der Waals surface area contributed by atoms with E-state index in [0.717, 1.165) is 5.56 Å². The topological polar surface area (TPSA) is 71.5 Å². The van der Waals surface area contributed by atoms with Gasteiger partial charge in [0.25, 0.3) is 5.91 Å². The van der Waals surface area contributed by atoms with Gasteiger partial charge in [-0.1, -0.05) is 23.7 Å². The summed E-state index contributed by atoms with van der Waals surface area (Å²) in [5.41, 5.74) is 1.09. The van der Waals surface area contributed by atoms with Crippen LogP contribution in [0.2, 0.25) is 5.02 Å². The van der Waals surface area contributed by atoms with Crippen molar-refractivity contribution < 1.29 is 18.7 Å². The van der Waals surface area contributed by atoms with Gasteiger partial charge in [-0.15, -0.1) is 0 Å². The molecular weight excluding hydrogens is 373 g/mol. The summed E-state index contributed by atoms with van der Waals surface area (Å²) in [7, 11) is 0. The standard InChI is InChI=1S/C19H19ClFN3O3/c1-2-27-18-15(20)9-13(10-22-18)17(25)23-16-7-8-24(19(16)26)11-12-3-5-14(21)6-4-12/h3-6,9-10,16H,2,7-8,11H2,1H3,(H,23,25)/t16-/m0/s1. The van der Waals surface area contributed by atoms with Gasteiger partial charge in [-0.05, 0) is 37.1 Å². The molecule has 2 amide bonds. The number of aromatic nitrogens is 1. The SMILES string of the molecule is CCOc1ncc(C(=O)N[C@H]2CCN(Cc3ccc(F)cc3)C2=O)cc1Cl. The maximum atomic E-state index is 13.0. The van der Waals surface area contributed by atoms with E-state index in [0.29, 0.717) is 26.1 Å². The summed E-state index contributed by atoms with van der Waals surface area (Å²) in [5.74, 6) is -0.649. The van der Waals surface area contributed by atoms with Gasteiger partial charge in [-0.3, -0.25) is 9.59 Å². The van der Waals surface area contributed by atoms with Gasteiger partial charge in [-0.25, -0.2) is 9.37 Å². The molecule has 1 fully saturated rings. The number of nitrogens with zero attached hydrogens (tertiary/aromatic N) is 2. The molecule has 1 aliphatic heterocycles. The number of ether oxygens (including phenoxy) is 1. The Kier molecular flexibility index (Phi) is 5.91. The molecule has 8 heteroatoms. The van der Waals surface area contributed by atoms with Crippen molar-refractivity contribution in [2.75, 3.05) is 13.2 Å². The van der Waals surface area contributed by atoms with Crippen molar-refractivity contribution in [1.29, 1.82) is 0 Å². The first kappa shape index (κ1) is 19.1. The number of rotatable bonds is 6. The Morgan fingerprint density at radius 1 is 1.41 bits per heavy atom. The van der Waals surface area contributed by atoms with Crippen molar-refractivity contribution in [3.63, 3.8) is 0 Å². The predicted molar refractivity (Wildman–Crippen MR) is 98.1 cm³/mol. The van der Waals surface area contributed by atoms with E-state index in [1.165, 1.54) is 24.4 Å². The molecule has 0 radical (unpaired) electrons. The third-order valence-electron chi connectivity index (χ3n) is 4.24. The Morgan fingerprint density at radius 3 is 2.81 bits per heavy atom. The number of carbonyl (C=O) groups is 2. The smallest absolute Gasteiger partial charge is 0.253 e. The molecule has 1 aromatic heterocycles. The number of carbonyl (C=O) groups excluding carboxylic acids is 2. The molecule has 2 heterocycles. The van der Waals surface area contributed by atoms with Gasteiger partial charge in [0.15, 0.2) is 0 Å². The van der Waals surface area contributed by atoms with Crippen molar-refractivity contribution in [2.24, 2.45) is 0 Å². The first-order valence-electron chi connectivity index (χ1n) is 8.60. The van der Waals surface area contributed by atoms with E-state index in [1.807, 2.05) is 6.92 Å². The van der Waals surface area contributed by atoms with Crippen LogP contribution in [0.1, 0.15) is 29.3 Å². The van der Waals surface area contributed by atoms with Crippen LogP contribution in [0.25, 0.3) is 0 Å². The second-order valence-electron chi connectivity index (χ2n) is 6.14. The van der Waals surface area contributed by atoms with Gasteiger partial charge in [0.1, 0.15) is 16.9 Å². The Hall–Kier alpha value is -2.67. The lowest BCUT2D eigenvalue weighted by molar-refractivity contribution is -0.129. The van der Waals surface area contributed by atoms with Crippen LogP contribution in [0, 0.1) is 5.82 Å².